The number of phenolic OH excluding ortho intramolecular Hbond substituents is 1. The Bertz CT molecular complexity index is 418. The van der Waals surface area contributed by atoms with E-state index in [1.54, 1.807) is 0 Å². The Kier molecular flexibility index (Phi) is 4.51. The lowest BCUT2D eigenvalue weighted by Gasteiger charge is -2.34. The second-order valence-electron chi connectivity index (χ2n) is 6.33. The number of aromatic hydroxyl groups is 1. The van der Waals surface area contributed by atoms with E-state index in [4.69, 9.17) is 0 Å². The van der Waals surface area contributed by atoms with Gasteiger partial charge in [-0.25, -0.2) is 0 Å². The van der Waals surface area contributed by atoms with Crippen LogP contribution in [0.3, 0.4) is 0 Å². The molecule has 0 aromatic heterocycles. The average Bonchev–Trinajstić information content (AvgIpc) is 2.37. The summed E-state index contributed by atoms with van der Waals surface area (Å²) in [6.07, 6.45) is 4.01. The van der Waals surface area contributed by atoms with Crippen LogP contribution in [-0.4, -0.2) is 11.1 Å². The average molecular weight is 261 g/mol. The molecular weight excluding hydrogens is 234 g/mol. The fourth-order valence-electron chi connectivity index (χ4n) is 3.27. The largest absolute Gasteiger partial charge is 0.507 e. The van der Waals surface area contributed by atoms with Crippen LogP contribution in [-0.2, 0) is 6.54 Å². The molecule has 19 heavy (non-hydrogen) atoms. The summed E-state index contributed by atoms with van der Waals surface area (Å²) in [6.45, 7) is 9.58. The second-order valence-corrected chi connectivity index (χ2v) is 6.33. The van der Waals surface area contributed by atoms with Crippen LogP contribution in [0.15, 0.2) is 12.1 Å². The van der Waals surface area contributed by atoms with Crippen LogP contribution in [0.25, 0.3) is 0 Å². The van der Waals surface area contributed by atoms with Crippen molar-refractivity contribution in [3.63, 3.8) is 0 Å². The molecule has 0 amide bonds. The Balaban J connectivity index is 1.99. The van der Waals surface area contributed by atoms with Gasteiger partial charge in [0.25, 0.3) is 0 Å². The van der Waals surface area contributed by atoms with E-state index in [-0.39, 0.29) is 0 Å². The molecule has 0 heterocycles. The standard InChI is InChI=1S/C17H27NO/c1-11-6-5-7-16(14(11)4)18-10-15-8-12(2)17(19)13(3)9-15/h8-9,11,14,16,18-19H,5-7,10H2,1-4H3. The molecule has 0 aliphatic heterocycles. The fourth-order valence-corrected chi connectivity index (χ4v) is 3.27. The molecule has 2 nitrogen and oxygen atoms in total. The minimum absolute atomic E-state index is 0.434. The van der Waals surface area contributed by atoms with Gasteiger partial charge in [0.15, 0.2) is 0 Å². The lowest BCUT2D eigenvalue weighted by atomic mass is 9.78. The minimum Gasteiger partial charge on any atom is -0.507 e. The summed E-state index contributed by atoms with van der Waals surface area (Å²) in [6, 6.07) is 4.82. The van der Waals surface area contributed by atoms with Gasteiger partial charge in [0.2, 0.25) is 0 Å². The van der Waals surface area contributed by atoms with E-state index in [1.165, 1.54) is 24.8 Å². The topological polar surface area (TPSA) is 32.3 Å². The molecule has 1 aliphatic rings. The molecule has 2 rings (SSSR count). The third-order valence-corrected chi connectivity index (χ3v) is 4.83. The summed E-state index contributed by atoms with van der Waals surface area (Å²) in [7, 11) is 0. The minimum atomic E-state index is 0.434. The zero-order valence-corrected chi connectivity index (χ0v) is 12.7. The third-order valence-electron chi connectivity index (χ3n) is 4.83. The first-order valence-corrected chi connectivity index (χ1v) is 7.51. The Labute approximate surface area is 117 Å². The predicted octanol–water partition coefficient (Wildman–Crippen LogP) is 3.92. The molecular formula is C17H27NO. The number of phenols is 1. The molecule has 3 atom stereocenters. The van der Waals surface area contributed by atoms with Gasteiger partial charge >= 0.3 is 0 Å². The van der Waals surface area contributed by atoms with Gasteiger partial charge in [0.05, 0.1) is 0 Å². The zero-order chi connectivity index (χ0) is 14.0. The highest BCUT2D eigenvalue weighted by Gasteiger charge is 2.26. The van der Waals surface area contributed by atoms with Crippen molar-refractivity contribution in [2.75, 3.05) is 0 Å². The molecule has 1 aliphatic carbocycles. The number of hydrogen-bond donors (Lipinski definition) is 2. The lowest BCUT2D eigenvalue weighted by Crippen LogP contribution is -2.40. The van der Waals surface area contributed by atoms with Crippen molar-refractivity contribution >= 4 is 0 Å². The van der Waals surface area contributed by atoms with Crippen LogP contribution < -0.4 is 5.32 Å². The number of nitrogens with one attached hydrogen (secondary N) is 1. The van der Waals surface area contributed by atoms with E-state index in [1.807, 2.05) is 13.8 Å². The van der Waals surface area contributed by atoms with Gasteiger partial charge in [0, 0.05) is 12.6 Å². The Hall–Kier alpha value is -1.02. The second kappa shape index (κ2) is 5.96. The first kappa shape index (κ1) is 14.4. The molecule has 2 heteroatoms. The summed E-state index contributed by atoms with van der Waals surface area (Å²) in [5.41, 5.74) is 3.22. The summed E-state index contributed by atoms with van der Waals surface area (Å²) >= 11 is 0. The molecule has 0 bridgehead atoms. The van der Waals surface area contributed by atoms with Gasteiger partial charge in [-0.3, -0.25) is 0 Å². The maximum Gasteiger partial charge on any atom is 0.121 e. The van der Waals surface area contributed by atoms with Crippen molar-refractivity contribution in [2.24, 2.45) is 11.8 Å². The molecule has 1 aromatic rings. The maximum absolute atomic E-state index is 9.80. The zero-order valence-electron chi connectivity index (χ0n) is 12.7. The molecule has 1 saturated carbocycles. The van der Waals surface area contributed by atoms with Crippen LogP contribution in [0.2, 0.25) is 0 Å². The molecule has 1 fully saturated rings. The van der Waals surface area contributed by atoms with Crippen molar-refractivity contribution in [3.8, 4) is 5.75 Å². The van der Waals surface area contributed by atoms with Crippen LogP contribution in [0.5, 0.6) is 5.75 Å². The lowest BCUT2D eigenvalue weighted by molar-refractivity contribution is 0.206. The van der Waals surface area contributed by atoms with Gasteiger partial charge in [0.1, 0.15) is 5.75 Å². The number of benzene rings is 1. The predicted molar refractivity (Wildman–Crippen MR) is 80.4 cm³/mol. The normalized spacial score (nSPS) is 27.5. The summed E-state index contributed by atoms with van der Waals surface area (Å²) in [4.78, 5) is 0. The van der Waals surface area contributed by atoms with Gasteiger partial charge in [-0.05, 0) is 48.8 Å². The summed E-state index contributed by atoms with van der Waals surface area (Å²) in [5, 5.41) is 13.5. The van der Waals surface area contributed by atoms with Gasteiger partial charge in [-0.15, -0.1) is 0 Å². The van der Waals surface area contributed by atoms with Gasteiger partial charge < -0.3 is 10.4 Å². The van der Waals surface area contributed by atoms with E-state index in [9.17, 15) is 5.11 Å². The number of aryl methyl sites for hydroxylation is 2. The van der Waals surface area contributed by atoms with E-state index >= 15 is 0 Å². The smallest absolute Gasteiger partial charge is 0.121 e. The van der Waals surface area contributed by atoms with Crippen molar-refractivity contribution < 1.29 is 5.11 Å². The Morgan fingerprint density at radius 3 is 2.42 bits per heavy atom. The molecule has 0 saturated heterocycles. The van der Waals surface area contributed by atoms with Crippen molar-refractivity contribution in [1.29, 1.82) is 0 Å². The first-order chi connectivity index (χ1) is 8.99. The molecule has 2 N–H and O–H groups in total. The van der Waals surface area contributed by atoms with Gasteiger partial charge in [-0.1, -0.05) is 38.8 Å². The SMILES string of the molecule is Cc1cc(CNC2CCCC(C)C2C)cc(C)c1O. The monoisotopic (exact) mass is 261 g/mol. The molecule has 0 spiro atoms. The highest BCUT2D eigenvalue weighted by molar-refractivity contribution is 5.42. The molecule has 3 unspecified atom stereocenters. The van der Waals surface area contributed by atoms with E-state index < -0.39 is 0 Å². The summed E-state index contributed by atoms with van der Waals surface area (Å²) in [5.74, 6) is 2.02. The van der Waals surface area contributed by atoms with Crippen molar-refractivity contribution in [2.45, 2.75) is 59.5 Å². The van der Waals surface area contributed by atoms with Gasteiger partial charge in [-0.2, -0.15) is 0 Å². The number of hydrogen-bond acceptors (Lipinski definition) is 2. The van der Waals surface area contributed by atoms with E-state index in [0.717, 1.165) is 29.5 Å². The molecule has 0 radical (unpaired) electrons. The highest BCUT2D eigenvalue weighted by Crippen LogP contribution is 2.30. The molecule has 1 aromatic carbocycles. The van der Waals surface area contributed by atoms with Crippen LogP contribution in [0.1, 0.15) is 49.8 Å². The maximum atomic E-state index is 9.80. The first-order valence-electron chi connectivity index (χ1n) is 7.51. The Morgan fingerprint density at radius 2 is 1.79 bits per heavy atom. The van der Waals surface area contributed by atoms with E-state index in [2.05, 4.69) is 31.3 Å². The molecule has 106 valence electrons. The van der Waals surface area contributed by atoms with Crippen LogP contribution in [0.4, 0.5) is 0 Å². The van der Waals surface area contributed by atoms with Crippen LogP contribution in [0, 0.1) is 25.7 Å². The highest BCUT2D eigenvalue weighted by atomic mass is 16.3. The quantitative estimate of drug-likeness (QED) is 0.864. The number of rotatable bonds is 3. The summed E-state index contributed by atoms with van der Waals surface area (Å²) < 4.78 is 0. The van der Waals surface area contributed by atoms with Crippen LogP contribution >= 0.6 is 0 Å². The fraction of sp³-hybridized carbons (Fsp3) is 0.647. The van der Waals surface area contributed by atoms with Crippen molar-refractivity contribution in [3.05, 3.63) is 28.8 Å². The van der Waals surface area contributed by atoms with E-state index in [0.29, 0.717) is 11.8 Å². The van der Waals surface area contributed by atoms with Crippen molar-refractivity contribution in [1.82, 2.24) is 5.32 Å². The third kappa shape index (κ3) is 3.30. The Morgan fingerprint density at radius 1 is 1.16 bits per heavy atom.